The Balaban J connectivity index is 2.04. The number of benzene rings is 2. The van der Waals surface area contributed by atoms with Crippen LogP contribution in [-0.4, -0.2) is 20.6 Å². The number of carbonyl (C=O) groups excluding carboxylic acids is 1. The second-order valence-corrected chi connectivity index (χ2v) is 7.37. The molecule has 1 unspecified atom stereocenters. The smallest absolute Gasteiger partial charge is 0.338 e. The molecular formula is C17H18O4S. The summed E-state index contributed by atoms with van der Waals surface area (Å²) in [6, 6.07) is 15.9. The minimum atomic E-state index is -3.08. The second kappa shape index (κ2) is 6.75. The SMILES string of the molecule is CC(OC(=O)c1ccc(CS(C)(=O)=O)cc1)c1ccccc1. The number of hydrogen-bond donors (Lipinski definition) is 0. The highest BCUT2D eigenvalue weighted by atomic mass is 32.2. The van der Waals surface area contributed by atoms with Gasteiger partial charge in [0.2, 0.25) is 0 Å². The summed E-state index contributed by atoms with van der Waals surface area (Å²) in [6.45, 7) is 1.81. The molecule has 2 aromatic rings. The van der Waals surface area contributed by atoms with E-state index >= 15 is 0 Å². The van der Waals surface area contributed by atoms with E-state index in [1.165, 1.54) is 6.26 Å². The van der Waals surface area contributed by atoms with E-state index in [2.05, 4.69) is 0 Å². The van der Waals surface area contributed by atoms with Crippen molar-refractivity contribution in [2.24, 2.45) is 0 Å². The van der Waals surface area contributed by atoms with Crippen molar-refractivity contribution in [1.29, 1.82) is 0 Å². The molecule has 1 atom stereocenters. The van der Waals surface area contributed by atoms with Gasteiger partial charge in [-0.25, -0.2) is 13.2 Å². The largest absolute Gasteiger partial charge is 0.454 e. The lowest BCUT2D eigenvalue weighted by molar-refractivity contribution is 0.0338. The Morgan fingerprint density at radius 2 is 1.64 bits per heavy atom. The summed E-state index contributed by atoms with van der Waals surface area (Å²) in [6.07, 6.45) is 0.834. The zero-order valence-corrected chi connectivity index (χ0v) is 13.3. The van der Waals surface area contributed by atoms with E-state index < -0.39 is 15.8 Å². The molecule has 22 heavy (non-hydrogen) atoms. The molecule has 0 saturated heterocycles. The molecule has 0 saturated carbocycles. The molecule has 0 amide bonds. The monoisotopic (exact) mass is 318 g/mol. The number of hydrogen-bond acceptors (Lipinski definition) is 4. The molecule has 0 aromatic heterocycles. The van der Waals surface area contributed by atoms with Crippen LogP contribution in [0.4, 0.5) is 0 Å². The van der Waals surface area contributed by atoms with Crippen LogP contribution in [0.3, 0.4) is 0 Å². The third-order valence-electron chi connectivity index (χ3n) is 3.17. The highest BCUT2D eigenvalue weighted by molar-refractivity contribution is 7.89. The third-order valence-corrected chi connectivity index (χ3v) is 4.03. The molecule has 0 N–H and O–H groups in total. The van der Waals surface area contributed by atoms with Crippen molar-refractivity contribution < 1.29 is 17.9 Å². The maximum absolute atomic E-state index is 12.1. The van der Waals surface area contributed by atoms with Gasteiger partial charge in [0.05, 0.1) is 11.3 Å². The summed E-state index contributed by atoms with van der Waals surface area (Å²) in [5.74, 6) is -0.467. The first kappa shape index (κ1) is 16.2. The minimum absolute atomic E-state index is 0.0389. The van der Waals surface area contributed by atoms with Gasteiger partial charge in [0.25, 0.3) is 0 Å². The van der Waals surface area contributed by atoms with E-state index in [4.69, 9.17) is 4.74 Å². The molecule has 2 rings (SSSR count). The summed E-state index contributed by atoms with van der Waals surface area (Å²) in [5, 5.41) is 0. The lowest BCUT2D eigenvalue weighted by atomic mass is 10.1. The van der Waals surface area contributed by atoms with Gasteiger partial charge in [-0.15, -0.1) is 0 Å². The minimum Gasteiger partial charge on any atom is -0.454 e. The lowest BCUT2D eigenvalue weighted by Gasteiger charge is -2.13. The molecule has 0 heterocycles. The topological polar surface area (TPSA) is 60.4 Å². The predicted octanol–water partition coefficient (Wildman–Crippen LogP) is 3.15. The van der Waals surface area contributed by atoms with Crippen molar-refractivity contribution in [3.63, 3.8) is 0 Å². The van der Waals surface area contributed by atoms with Gasteiger partial charge in [-0.3, -0.25) is 0 Å². The van der Waals surface area contributed by atoms with E-state index in [1.54, 1.807) is 24.3 Å². The van der Waals surface area contributed by atoms with Gasteiger partial charge in [0.15, 0.2) is 9.84 Å². The molecule has 0 aliphatic carbocycles. The molecule has 0 aliphatic rings. The zero-order chi connectivity index (χ0) is 16.2. The van der Waals surface area contributed by atoms with Gasteiger partial charge < -0.3 is 4.74 Å². The van der Waals surface area contributed by atoms with Crippen molar-refractivity contribution in [2.75, 3.05) is 6.26 Å². The van der Waals surface area contributed by atoms with E-state index in [9.17, 15) is 13.2 Å². The molecule has 0 spiro atoms. The average molecular weight is 318 g/mol. The Morgan fingerprint density at radius 1 is 1.05 bits per heavy atom. The van der Waals surface area contributed by atoms with Crippen LogP contribution in [0.25, 0.3) is 0 Å². The second-order valence-electron chi connectivity index (χ2n) is 5.23. The van der Waals surface area contributed by atoms with Gasteiger partial charge in [-0.1, -0.05) is 42.5 Å². The molecule has 5 heteroatoms. The number of sulfone groups is 1. The van der Waals surface area contributed by atoms with Crippen molar-refractivity contribution in [3.8, 4) is 0 Å². The van der Waals surface area contributed by atoms with Gasteiger partial charge in [-0.2, -0.15) is 0 Å². The van der Waals surface area contributed by atoms with Gasteiger partial charge in [-0.05, 0) is 30.2 Å². The average Bonchev–Trinajstić information content (AvgIpc) is 2.47. The molecule has 0 fully saturated rings. The molecule has 2 aromatic carbocycles. The van der Waals surface area contributed by atoms with Gasteiger partial charge >= 0.3 is 5.97 Å². The van der Waals surface area contributed by atoms with Crippen LogP contribution in [0, 0.1) is 0 Å². The van der Waals surface area contributed by atoms with Crippen molar-refractivity contribution >= 4 is 15.8 Å². The zero-order valence-electron chi connectivity index (χ0n) is 12.5. The fraction of sp³-hybridized carbons (Fsp3) is 0.235. The van der Waals surface area contributed by atoms with Crippen molar-refractivity contribution in [3.05, 3.63) is 71.3 Å². The summed E-state index contributed by atoms with van der Waals surface area (Å²) < 4.78 is 27.9. The summed E-state index contributed by atoms with van der Waals surface area (Å²) >= 11 is 0. The highest BCUT2D eigenvalue weighted by Crippen LogP contribution is 2.18. The Labute approximate surface area is 130 Å². The van der Waals surface area contributed by atoms with Crippen molar-refractivity contribution in [1.82, 2.24) is 0 Å². The van der Waals surface area contributed by atoms with E-state index in [0.29, 0.717) is 11.1 Å². The van der Waals surface area contributed by atoms with Crippen LogP contribution < -0.4 is 0 Å². The Hall–Kier alpha value is -2.14. The molecule has 0 radical (unpaired) electrons. The summed E-state index contributed by atoms with van der Waals surface area (Å²) in [4.78, 5) is 12.1. The van der Waals surface area contributed by atoms with E-state index in [1.807, 2.05) is 37.3 Å². The molecule has 116 valence electrons. The number of rotatable bonds is 5. The standard InChI is InChI=1S/C17H18O4S/c1-13(15-6-4-3-5-7-15)21-17(18)16-10-8-14(9-11-16)12-22(2,19)20/h3-11,13H,12H2,1-2H3. The van der Waals surface area contributed by atoms with Crippen LogP contribution >= 0.6 is 0 Å². The summed E-state index contributed by atoms with van der Waals surface area (Å²) in [5.41, 5.74) is 1.97. The first-order chi connectivity index (χ1) is 10.3. The quantitative estimate of drug-likeness (QED) is 0.795. The molecule has 0 bridgehead atoms. The van der Waals surface area contributed by atoms with Gasteiger partial charge in [0, 0.05) is 6.26 Å². The van der Waals surface area contributed by atoms with Crippen LogP contribution in [0.5, 0.6) is 0 Å². The predicted molar refractivity (Wildman–Crippen MR) is 85.3 cm³/mol. The molecular weight excluding hydrogens is 300 g/mol. The Bertz CT molecular complexity index is 734. The fourth-order valence-corrected chi connectivity index (χ4v) is 2.86. The molecule has 0 aliphatic heterocycles. The lowest BCUT2D eigenvalue weighted by Crippen LogP contribution is -2.09. The number of carbonyl (C=O) groups is 1. The number of ether oxygens (including phenoxy) is 1. The first-order valence-electron chi connectivity index (χ1n) is 6.88. The third kappa shape index (κ3) is 4.70. The maximum Gasteiger partial charge on any atom is 0.338 e. The highest BCUT2D eigenvalue weighted by Gasteiger charge is 2.14. The Kier molecular flexibility index (Phi) is 4.98. The van der Waals surface area contributed by atoms with E-state index in [-0.39, 0.29) is 11.9 Å². The normalized spacial score (nSPS) is 12.6. The van der Waals surface area contributed by atoms with Crippen LogP contribution in [0.1, 0.15) is 34.5 Å². The van der Waals surface area contributed by atoms with Crippen molar-refractivity contribution in [2.45, 2.75) is 18.8 Å². The van der Waals surface area contributed by atoms with E-state index in [0.717, 1.165) is 5.56 Å². The Morgan fingerprint density at radius 3 is 2.18 bits per heavy atom. The fourth-order valence-electron chi connectivity index (χ4n) is 2.06. The van der Waals surface area contributed by atoms with Gasteiger partial charge in [0.1, 0.15) is 6.10 Å². The maximum atomic E-state index is 12.1. The van der Waals surface area contributed by atoms with Crippen LogP contribution in [0.15, 0.2) is 54.6 Å². The molecule has 4 nitrogen and oxygen atoms in total. The first-order valence-corrected chi connectivity index (χ1v) is 8.94. The van der Waals surface area contributed by atoms with Crippen LogP contribution in [0.2, 0.25) is 0 Å². The summed E-state index contributed by atoms with van der Waals surface area (Å²) in [7, 11) is -3.08. The van der Waals surface area contributed by atoms with Crippen LogP contribution in [-0.2, 0) is 20.3 Å². The number of esters is 1.